The lowest BCUT2D eigenvalue weighted by molar-refractivity contribution is 0.0723. The number of hydrogen-bond donors (Lipinski definition) is 3. The number of pyridine rings is 2. The molecule has 4 N–H and O–H groups in total. The van der Waals surface area contributed by atoms with E-state index in [9.17, 15) is 9.59 Å². The molecule has 0 saturated carbocycles. The Labute approximate surface area is 317 Å². The third-order valence-electron chi connectivity index (χ3n) is 10.9. The number of nitrogens with zero attached hydrogens (tertiary/aromatic N) is 5. The van der Waals surface area contributed by atoms with Crippen molar-refractivity contribution in [3.8, 4) is 11.1 Å². The second-order valence-electron chi connectivity index (χ2n) is 14.7. The van der Waals surface area contributed by atoms with Crippen LogP contribution >= 0.6 is 0 Å². The summed E-state index contributed by atoms with van der Waals surface area (Å²) in [7, 11) is 0. The van der Waals surface area contributed by atoms with E-state index < -0.39 is 5.91 Å². The molecule has 0 aliphatic carbocycles. The Hall–Kier alpha value is -5.13. The maximum atomic E-state index is 14.6. The number of nitrogens with one attached hydrogen (secondary N) is 2. The number of piperidine rings is 1. The van der Waals surface area contributed by atoms with Crippen molar-refractivity contribution in [3.05, 3.63) is 106 Å². The van der Waals surface area contributed by atoms with Gasteiger partial charge in [0.1, 0.15) is 11.4 Å². The quantitative estimate of drug-likeness (QED) is 0.126. The number of amides is 2. The van der Waals surface area contributed by atoms with Gasteiger partial charge in [0.25, 0.3) is 11.8 Å². The van der Waals surface area contributed by atoms with E-state index >= 15 is 0 Å². The molecule has 0 spiro atoms. The minimum atomic E-state index is -0.680. The molecule has 2 fully saturated rings. The molecular formula is C43H52N8O3. The number of hydrogen-bond acceptors (Lipinski definition) is 8. The molecule has 2 amide bonds. The number of rotatable bonds is 13. The van der Waals surface area contributed by atoms with Gasteiger partial charge in [-0.25, -0.2) is 14.6 Å². The number of nitrogens with two attached hydrogens (primary N) is 1. The van der Waals surface area contributed by atoms with Gasteiger partial charge < -0.3 is 26.0 Å². The number of aryl methyl sites for hydroxylation is 3. The molecule has 282 valence electrons. The van der Waals surface area contributed by atoms with Gasteiger partial charge in [-0.2, -0.15) is 5.10 Å². The fourth-order valence-corrected chi connectivity index (χ4v) is 7.91. The number of aromatic nitrogens is 4. The first-order valence-electron chi connectivity index (χ1n) is 19.5. The number of carbonyl (C=O) groups is 2. The zero-order valence-electron chi connectivity index (χ0n) is 31.7. The van der Waals surface area contributed by atoms with Crippen LogP contribution in [0.2, 0.25) is 0 Å². The summed E-state index contributed by atoms with van der Waals surface area (Å²) in [6, 6.07) is 20.4. The normalized spacial score (nSPS) is 15.4. The smallest absolute Gasteiger partial charge is 0.273 e. The van der Waals surface area contributed by atoms with Crippen LogP contribution in [0.1, 0.15) is 88.5 Å². The molecule has 5 aromatic rings. The Bertz CT molecular complexity index is 2120. The van der Waals surface area contributed by atoms with Gasteiger partial charge >= 0.3 is 0 Å². The molecule has 2 aliphatic rings. The van der Waals surface area contributed by atoms with Crippen LogP contribution in [0.25, 0.3) is 22.2 Å². The van der Waals surface area contributed by atoms with E-state index in [1.165, 1.54) is 35.6 Å². The minimum Gasteiger partial charge on any atom is -0.381 e. The second-order valence-corrected chi connectivity index (χ2v) is 14.7. The number of fused-ring (bicyclic) bond motifs is 1. The number of benzene rings is 2. The summed E-state index contributed by atoms with van der Waals surface area (Å²) in [4.78, 5) is 38.1. The standard InChI is InChI=1S/C43H52N8O3/c1-4-37-36(40(47-33-16-20-54-21-17-33)35-25-46-51(5-2)42(35)49-37)27-50(43(53)39-11-7-10-38(48-39)41(44)52)26-31-13-12-28(3)34(24-31)32-9-6-8-30(23-32)22-29-14-18-45-19-15-29/h6-13,23-25,29,33,45H,4-5,14-22,26-27H2,1-3H3,(H2,44,52)(H,47,49). The Morgan fingerprint density at radius 3 is 2.48 bits per heavy atom. The van der Waals surface area contributed by atoms with Gasteiger partial charge in [-0.3, -0.25) is 9.59 Å². The Morgan fingerprint density at radius 1 is 0.944 bits per heavy atom. The number of carbonyl (C=O) groups excluding carboxylic acids is 2. The first kappa shape index (κ1) is 37.2. The van der Waals surface area contributed by atoms with Gasteiger partial charge in [0.2, 0.25) is 0 Å². The van der Waals surface area contributed by atoms with Gasteiger partial charge in [-0.05, 0) is 117 Å². The van der Waals surface area contributed by atoms with Crippen molar-refractivity contribution in [1.29, 1.82) is 0 Å². The van der Waals surface area contributed by atoms with E-state index in [-0.39, 0.29) is 29.9 Å². The monoisotopic (exact) mass is 728 g/mol. The number of anilines is 1. The van der Waals surface area contributed by atoms with E-state index in [0.717, 1.165) is 71.5 Å². The van der Waals surface area contributed by atoms with Crippen LogP contribution in [-0.4, -0.2) is 68.8 Å². The van der Waals surface area contributed by atoms with E-state index in [0.29, 0.717) is 38.6 Å². The summed E-state index contributed by atoms with van der Waals surface area (Å²) in [6.45, 7) is 11.1. The number of ether oxygens (including phenoxy) is 1. The SMILES string of the molecule is CCc1nc2c(cnn2CC)c(NC2CCOCC2)c1CN(Cc1ccc(C)c(-c2cccc(CC3CCNCC3)c2)c1)C(=O)c1cccc(C(N)=O)n1. The van der Waals surface area contributed by atoms with E-state index in [4.69, 9.17) is 15.5 Å². The van der Waals surface area contributed by atoms with Gasteiger partial charge in [-0.1, -0.05) is 49.4 Å². The molecule has 2 saturated heterocycles. The molecule has 11 heteroatoms. The highest BCUT2D eigenvalue weighted by molar-refractivity contribution is 5.96. The van der Waals surface area contributed by atoms with Crippen molar-refractivity contribution in [2.75, 3.05) is 31.6 Å². The minimum absolute atomic E-state index is 0.0500. The lowest BCUT2D eigenvalue weighted by Crippen LogP contribution is -2.33. The van der Waals surface area contributed by atoms with Crippen molar-refractivity contribution in [3.63, 3.8) is 0 Å². The fraction of sp³-hybridized carbons (Fsp3) is 0.419. The van der Waals surface area contributed by atoms with E-state index in [1.807, 2.05) is 15.8 Å². The maximum Gasteiger partial charge on any atom is 0.273 e. The zero-order valence-corrected chi connectivity index (χ0v) is 31.7. The molecule has 0 atom stereocenters. The Balaban J connectivity index is 1.28. The van der Waals surface area contributed by atoms with Crippen molar-refractivity contribution in [2.45, 2.75) is 85.0 Å². The molecule has 7 rings (SSSR count). The predicted octanol–water partition coefficient (Wildman–Crippen LogP) is 6.46. The van der Waals surface area contributed by atoms with Crippen molar-refractivity contribution < 1.29 is 14.3 Å². The highest BCUT2D eigenvalue weighted by atomic mass is 16.5. The lowest BCUT2D eigenvalue weighted by atomic mass is 9.89. The fourth-order valence-electron chi connectivity index (χ4n) is 7.91. The summed E-state index contributed by atoms with van der Waals surface area (Å²) >= 11 is 0. The number of primary amides is 1. The molecule has 3 aromatic heterocycles. The molecule has 11 nitrogen and oxygen atoms in total. The summed E-state index contributed by atoms with van der Waals surface area (Å²) in [6.07, 6.45) is 7.79. The average molecular weight is 729 g/mol. The highest BCUT2D eigenvalue weighted by Crippen LogP contribution is 2.34. The van der Waals surface area contributed by atoms with Crippen LogP contribution in [0.15, 0.2) is 66.9 Å². The average Bonchev–Trinajstić information content (AvgIpc) is 3.62. The van der Waals surface area contributed by atoms with Crippen LogP contribution in [0.3, 0.4) is 0 Å². The summed E-state index contributed by atoms with van der Waals surface area (Å²) in [5.74, 6) is -0.285. The molecular weight excluding hydrogens is 677 g/mol. The third-order valence-corrected chi connectivity index (χ3v) is 10.9. The van der Waals surface area contributed by atoms with Crippen LogP contribution in [0.4, 0.5) is 5.69 Å². The first-order chi connectivity index (χ1) is 26.3. The first-order valence-corrected chi connectivity index (χ1v) is 19.5. The molecule has 0 radical (unpaired) electrons. The lowest BCUT2D eigenvalue weighted by Gasteiger charge is -2.29. The predicted molar refractivity (Wildman–Crippen MR) is 212 cm³/mol. The topological polar surface area (TPSA) is 140 Å². The van der Waals surface area contributed by atoms with Crippen molar-refractivity contribution in [2.24, 2.45) is 11.7 Å². The van der Waals surface area contributed by atoms with Gasteiger partial charge in [0.15, 0.2) is 5.65 Å². The summed E-state index contributed by atoms with van der Waals surface area (Å²) < 4.78 is 7.61. The summed E-state index contributed by atoms with van der Waals surface area (Å²) in [5.41, 5.74) is 15.3. The highest BCUT2D eigenvalue weighted by Gasteiger charge is 2.27. The van der Waals surface area contributed by atoms with Gasteiger partial charge in [0, 0.05) is 43.6 Å². The van der Waals surface area contributed by atoms with Crippen molar-refractivity contribution >= 4 is 28.5 Å². The molecule has 54 heavy (non-hydrogen) atoms. The van der Waals surface area contributed by atoms with Crippen LogP contribution < -0.4 is 16.4 Å². The summed E-state index contributed by atoms with van der Waals surface area (Å²) in [5, 5.41) is 12.9. The largest absolute Gasteiger partial charge is 0.381 e. The van der Waals surface area contributed by atoms with Crippen LogP contribution in [0, 0.1) is 12.8 Å². The second kappa shape index (κ2) is 16.9. The van der Waals surface area contributed by atoms with Crippen LogP contribution in [0.5, 0.6) is 0 Å². The van der Waals surface area contributed by atoms with E-state index in [2.05, 4.69) is 84.0 Å². The van der Waals surface area contributed by atoms with Crippen LogP contribution in [-0.2, 0) is 37.2 Å². The van der Waals surface area contributed by atoms with Crippen molar-refractivity contribution in [1.82, 2.24) is 30.0 Å². The molecule has 2 aromatic carbocycles. The maximum absolute atomic E-state index is 14.6. The zero-order chi connectivity index (χ0) is 37.6. The Kier molecular flexibility index (Phi) is 11.6. The van der Waals surface area contributed by atoms with Gasteiger partial charge in [-0.15, -0.1) is 0 Å². The molecule has 2 aliphatic heterocycles. The molecule has 0 bridgehead atoms. The Morgan fingerprint density at radius 2 is 1.72 bits per heavy atom. The third kappa shape index (κ3) is 8.32. The molecule has 5 heterocycles. The van der Waals surface area contributed by atoms with E-state index in [1.54, 1.807) is 12.1 Å². The molecule has 0 unspecified atom stereocenters. The van der Waals surface area contributed by atoms with Gasteiger partial charge in [0.05, 0.1) is 23.8 Å².